The first kappa shape index (κ1) is 17.2. The normalized spacial score (nSPS) is 11.0. The predicted molar refractivity (Wildman–Crippen MR) is 103 cm³/mol. The van der Waals surface area contributed by atoms with Crippen LogP contribution in [0.5, 0.6) is 0 Å². The third-order valence-electron chi connectivity index (χ3n) is 4.17. The van der Waals surface area contributed by atoms with Gasteiger partial charge in [-0.25, -0.2) is 0 Å². The van der Waals surface area contributed by atoms with Gasteiger partial charge in [0, 0.05) is 42.6 Å². The lowest BCUT2D eigenvalue weighted by Gasteiger charge is -2.09. The quantitative estimate of drug-likeness (QED) is 0.580. The van der Waals surface area contributed by atoms with Crippen LogP contribution in [0.3, 0.4) is 0 Å². The zero-order valence-corrected chi connectivity index (χ0v) is 14.7. The molecule has 0 unspecified atom stereocenters. The van der Waals surface area contributed by atoms with Crippen LogP contribution in [0.25, 0.3) is 10.9 Å². The number of aromatic amines is 1. The lowest BCUT2D eigenvalue weighted by Crippen LogP contribution is -2.19. The number of fused-ring (bicyclic) bond motifs is 1. The molecule has 1 aromatic carbocycles. The number of nitrogens with one attached hydrogen (secondary N) is 3. The summed E-state index contributed by atoms with van der Waals surface area (Å²) in [5.41, 5.74) is 5.19. The van der Waals surface area contributed by atoms with E-state index in [1.54, 1.807) is 12.3 Å². The van der Waals surface area contributed by atoms with Crippen LogP contribution in [0.4, 0.5) is 5.69 Å². The van der Waals surface area contributed by atoms with E-state index in [0.717, 1.165) is 52.9 Å². The minimum absolute atomic E-state index is 0.0793. The molecular formula is C20H24N4O. The van der Waals surface area contributed by atoms with Gasteiger partial charge in [0.05, 0.1) is 11.2 Å². The molecule has 2 aromatic heterocycles. The van der Waals surface area contributed by atoms with Gasteiger partial charge >= 0.3 is 0 Å². The van der Waals surface area contributed by atoms with Gasteiger partial charge < -0.3 is 15.6 Å². The fraction of sp³-hybridized carbons (Fsp3) is 0.300. The zero-order valence-electron chi connectivity index (χ0n) is 14.7. The zero-order chi connectivity index (χ0) is 17.6. The summed E-state index contributed by atoms with van der Waals surface area (Å²) in [5.74, 6) is 0. The van der Waals surface area contributed by atoms with E-state index in [0.29, 0.717) is 6.54 Å². The van der Waals surface area contributed by atoms with Gasteiger partial charge in [-0.3, -0.25) is 9.78 Å². The van der Waals surface area contributed by atoms with E-state index >= 15 is 0 Å². The summed E-state index contributed by atoms with van der Waals surface area (Å²) in [5, 5.41) is 7.48. The Morgan fingerprint density at radius 2 is 2.04 bits per heavy atom. The summed E-state index contributed by atoms with van der Waals surface area (Å²) in [7, 11) is 0. The van der Waals surface area contributed by atoms with E-state index < -0.39 is 0 Å². The highest BCUT2D eigenvalue weighted by atomic mass is 16.1. The Kier molecular flexibility index (Phi) is 5.46. The molecule has 25 heavy (non-hydrogen) atoms. The second-order valence-corrected chi connectivity index (χ2v) is 6.36. The van der Waals surface area contributed by atoms with Crippen molar-refractivity contribution in [3.63, 3.8) is 0 Å². The number of pyridine rings is 2. The Labute approximate surface area is 147 Å². The van der Waals surface area contributed by atoms with Crippen LogP contribution < -0.4 is 16.1 Å². The van der Waals surface area contributed by atoms with Crippen molar-refractivity contribution >= 4 is 16.6 Å². The van der Waals surface area contributed by atoms with Crippen LogP contribution >= 0.6 is 0 Å². The molecule has 0 atom stereocenters. The second-order valence-electron chi connectivity index (χ2n) is 6.36. The summed E-state index contributed by atoms with van der Waals surface area (Å²) in [6.07, 6.45) is 4.57. The van der Waals surface area contributed by atoms with Crippen LogP contribution in [0.2, 0.25) is 0 Å². The molecule has 0 aliphatic heterocycles. The van der Waals surface area contributed by atoms with Crippen LogP contribution in [0.15, 0.2) is 47.5 Å². The average molecular weight is 336 g/mol. The van der Waals surface area contributed by atoms with E-state index in [1.807, 2.05) is 38.2 Å². The van der Waals surface area contributed by atoms with Crippen molar-refractivity contribution in [2.45, 2.75) is 26.8 Å². The van der Waals surface area contributed by atoms with Gasteiger partial charge in [0.2, 0.25) is 0 Å². The number of H-pyrrole nitrogens is 1. The third kappa shape index (κ3) is 4.45. The summed E-state index contributed by atoms with van der Waals surface area (Å²) < 4.78 is 0. The molecule has 0 aliphatic carbocycles. The van der Waals surface area contributed by atoms with Gasteiger partial charge in [-0.2, -0.15) is 0 Å². The number of aromatic nitrogens is 2. The van der Waals surface area contributed by atoms with Crippen molar-refractivity contribution in [3.8, 4) is 0 Å². The summed E-state index contributed by atoms with van der Waals surface area (Å²) in [6.45, 7) is 6.46. The lowest BCUT2D eigenvalue weighted by molar-refractivity contribution is 0.654. The largest absolute Gasteiger partial charge is 0.384 e. The highest BCUT2D eigenvalue weighted by molar-refractivity contribution is 5.82. The van der Waals surface area contributed by atoms with Gasteiger partial charge in [-0.15, -0.1) is 0 Å². The predicted octanol–water partition coefficient (Wildman–Crippen LogP) is 3.13. The molecule has 3 rings (SSSR count). The molecule has 0 spiro atoms. The first-order chi connectivity index (χ1) is 12.1. The van der Waals surface area contributed by atoms with Gasteiger partial charge in [0.15, 0.2) is 5.43 Å². The van der Waals surface area contributed by atoms with Crippen LogP contribution in [-0.2, 0) is 6.54 Å². The number of hydrogen-bond acceptors (Lipinski definition) is 4. The van der Waals surface area contributed by atoms with Crippen molar-refractivity contribution in [1.82, 2.24) is 15.3 Å². The van der Waals surface area contributed by atoms with Crippen LogP contribution in [-0.4, -0.2) is 23.1 Å². The Balaban J connectivity index is 1.52. The Morgan fingerprint density at radius 1 is 1.16 bits per heavy atom. The molecule has 0 aliphatic rings. The molecule has 0 radical (unpaired) electrons. The molecule has 0 saturated carbocycles. The number of rotatable bonds is 7. The van der Waals surface area contributed by atoms with Gasteiger partial charge in [-0.1, -0.05) is 6.07 Å². The smallest absolute Gasteiger partial charge is 0.189 e. The maximum atomic E-state index is 12.3. The van der Waals surface area contributed by atoms with Crippen molar-refractivity contribution in [2.75, 3.05) is 18.4 Å². The second kappa shape index (κ2) is 7.94. The molecule has 130 valence electrons. The fourth-order valence-corrected chi connectivity index (χ4v) is 2.99. The summed E-state index contributed by atoms with van der Waals surface area (Å²) in [6, 6.07) is 9.66. The van der Waals surface area contributed by atoms with E-state index in [1.165, 1.54) is 0 Å². The van der Waals surface area contributed by atoms with E-state index in [4.69, 9.17) is 0 Å². The maximum Gasteiger partial charge on any atom is 0.189 e. The summed E-state index contributed by atoms with van der Waals surface area (Å²) >= 11 is 0. The topological polar surface area (TPSA) is 69.8 Å². The van der Waals surface area contributed by atoms with Crippen molar-refractivity contribution in [3.05, 3.63) is 69.8 Å². The third-order valence-corrected chi connectivity index (χ3v) is 4.17. The van der Waals surface area contributed by atoms with Crippen LogP contribution in [0.1, 0.15) is 23.2 Å². The molecule has 0 amide bonds. The summed E-state index contributed by atoms with van der Waals surface area (Å²) in [4.78, 5) is 19.8. The number of aryl methyl sites for hydroxylation is 2. The van der Waals surface area contributed by atoms with Crippen molar-refractivity contribution in [2.24, 2.45) is 0 Å². The fourth-order valence-electron chi connectivity index (χ4n) is 2.99. The molecule has 3 aromatic rings. The number of benzene rings is 1. The number of nitrogens with zero attached hydrogens (tertiary/aromatic N) is 1. The molecule has 5 heteroatoms. The first-order valence-corrected chi connectivity index (χ1v) is 8.61. The minimum Gasteiger partial charge on any atom is -0.384 e. The standard InChI is InChI=1S/C20H24N4O/c1-14-9-15(2)20-18(10-14)19(25)11-17(24-20)13-22-7-4-8-23-16-5-3-6-21-12-16/h3,5-6,9-12,22-23H,4,7-8,13H2,1-2H3,(H,24,25). The molecule has 0 saturated heterocycles. The van der Waals surface area contributed by atoms with E-state index in [2.05, 4.69) is 26.7 Å². The van der Waals surface area contributed by atoms with Gasteiger partial charge in [0.25, 0.3) is 0 Å². The van der Waals surface area contributed by atoms with Gasteiger partial charge in [0.1, 0.15) is 0 Å². The Hall–Kier alpha value is -2.66. The highest BCUT2D eigenvalue weighted by Gasteiger charge is 2.05. The molecular weight excluding hydrogens is 312 g/mol. The molecule has 2 heterocycles. The van der Waals surface area contributed by atoms with Crippen molar-refractivity contribution in [1.29, 1.82) is 0 Å². The van der Waals surface area contributed by atoms with E-state index in [9.17, 15) is 4.79 Å². The van der Waals surface area contributed by atoms with Gasteiger partial charge in [-0.05, 0) is 56.1 Å². The number of anilines is 1. The first-order valence-electron chi connectivity index (χ1n) is 8.61. The Bertz CT molecular complexity index is 903. The molecule has 3 N–H and O–H groups in total. The van der Waals surface area contributed by atoms with Crippen molar-refractivity contribution < 1.29 is 0 Å². The minimum atomic E-state index is 0.0793. The highest BCUT2D eigenvalue weighted by Crippen LogP contribution is 2.16. The molecule has 0 fully saturated rings. The Morgan fingerprint density at radius 3 is 2.84 bits per heavy atom. The SMILES string of the molecule is Cc1cc(C)c2[nH]c(CNCCCNc3cccnc3)cc(=O)c2c1. The lowest BCUT2D eigenvalue weighted by atomic mass is 10.1. The van der Waals surface area contributed by atoms with Crippen LogP contribution in [0, 0.1) is 13.8 Å². The van der Waals surface area contributed by atoms with E-state index in [-0.39, 0.29) is 5.43 Å². The molecule has 5 nitrogen and oxygen atoms in total. The average Bonchev–Trinajstić information content (AvgIpc) is 2.60. The number of hydrogen-bond donors (Lipinski definition) is 3. The monoisotopic (exact) mass is 336 g/mol. The maximum absolute atomic E-state index is 12.3. The molecule has 0 bridgehead atoms.